The lowest BCUT2D eigenvalue weighted by Gasteiger charge is -2.10. The van der Waals surface area contributed by atoms with Crippen LogP contribution >= 0.6 is 11.8 Å². The SMILES string of the molecule is COc1ccc(CSCCCS(=O)(=O)N(C)C)cc1F. The highest BCUT2D eigenvalue weighted by molar-refractivity contribution is 7.98. The number of nitrogens with zero attached hydrogens (tertiary/aromatic N) is 1. The first-order valence-corrected chi connectivity index (χ1v) is 8.93. The minimum atomic E-state index is -3.12. The maximum absolute atomic E-state index is 13.5. The van der Waals surface area contributed by atoms with Crippen molar-refractivity contribution in [3.05, 3.63) is 29.6 Å². The van der Waals surface area contributed by atoms with Gasteiger partial charge in [-0.25, -0.2) is 17.1 Å². The van der Waals surface area contributed by atoms with Crippen molar-refractivity contribution in [2.24, 2.45) is 0 Å². The van der Waals surface area contributed by atoms with Gasteiger partial charge in [0.25, 0.3) is 0 Å². The molecule has 7 heteroatoms. The zero-order chi connectivity index (χ0) is 15.2. The van der Waals surface area contributed by atoms with Crippen LogP contribution in [0.1, 0.15) is 12.0 Å². The Morgan fingerprint density at radius 2 is 2.05 bits per heavy atom. The van der Waals surface area contributed by atoms with E-state index in [1.165, 1.54) is 31.6 Å². The van der Waals surface area contributed by atoms with E-state index in [2.05, 4.69) is 0 Å². The van der Waals surface area contributed by atoms with Gasteiger partial charge >= 0.3 is 0 Å². The second-order valence-corrected chi connectivity index (χ2v) is 7.88. The molecule has 20 heavy (non-hydrogen) atoms. The highest BCUT2D eigenvalue weighted by Crippen LogP contribution is 2.21. The Kier molecular flexibility index (Phi) is 6.78. The third-order valence-electron chi connectivity index (χ3n) is 2.73. The van der Waals surface area contributed by atoms with E-state index in [0.717, 1.165) is 11.3 Å². The van der Waals surface area contributed by atoms with Gasteiger partial charge in [0.2, 0.25) is 10.0 Å². The summed E-state index contributed by atoms with van der Waals surface area (Å²) in [6.07, 6.45) is 0.587. The molecule has 1 aromatic carbocycles. The summed E-state index contributed by atoms with van der Waals surface area (Å²) >= 11 is 1.59. The monoisotopic (exact) mass is 321 g/mol. The normalized spacial score (nSPS) is 11.8. The van der Waals surface area contributed by atoms with E-state index in [1.54, 1.807) is 17.8 Å². The Hall–Kier alpha value is -0.790. The van der Waals surface area contributed by atoms with Gasteiger partial charge in [0.1, 0.15) is 0 Å². The largest absolute Gasteiger partial charge is 0.494 e. The van der Waals surface area contributed by atoms with Crippen LogP contribution in [-0.4, -0.2) is 45.4 Å². The first kappa shape index (κ1) is 17.3. The van der Waals surface area contributed by atoms with Crippen molar-refractivity contribution in [3.8, 4) is 5.75 Å². The fraction of sp³-hybridized carbons (Fsp3) is 0.538. The molecule has 0 fully saturated rings. The number of benzene rings is 1. The summed E-state index contributed by atoms with van der Waals surface area (Å²) in [6.45, 7) is 0. The van der Waals surface area contributed by atoms with Crippen LogP contribution < -0.4 is 4.74 Å². The summed E-state index contributed by atoms with van der Waals surface area (Å²) < 4.78 is 42.6. The molecule has 0 aliphatic carbocycles. The summed E-state index contributed by atoms with van der Waals surface area (Å²) in [7, 11) is 1.37. The van der Waals surface area contributed by atoms with Gasteiger partial charge in [0.05, 0.1) is 12.9 Å². The van der Waals surface area contributed by atoms with Gasteiger partial charge in [-0.3, -0.25) is 0 Å². The molecule has 0 radical (unpaired) electrons. The lowest BCUT2D eigenvalue weighted by molar-refractivity contribution is 0.386. The third kappa shape index (κ3) is 5.30. The lowest BCUT2D eigenvalue weighted by atomic mass is 10.2. The molecule has 0 N–H and O–H groups in total. The first-order chi connectivity index (χ1) is 9.36. The number of thioether (sulfide) groups is 1. The van der Waals surface area contributed by atoms with Crippen LogP contribution in [0.5, 0.6) is 5.75 Å². The second kappa shape index (κ2) is 7.85. The van der Waals surface area contributed by atoms with Gasteiger partial charge in [-0.2, -0.15) is 11.8 Å². The Balaban J connectivity index is 2.33. The summed E-state index contributed by atoms with van der Waals surface area (Å²) in [5.41, 5.74) is 0.865. The minimum absolute atomic E-state index is 0.143. The van der Waals surface area contributed by atoms with Crippen LogP contribution in [0.2, 0.25) is 0 Å². The predicted octanol–water partition coefficient (Wildman–Crippen LogP) is 2.35. The Morgan fingerprint density at radius 3 is 2.60 bits per heavy atom. The standard InChI is InChI=1S/C13H20FNO3S2/c1-15(2)20(16,17)8-4-7-19-10-11-5-6-13(18-3)12(14)9-11/h5-6,9H,4,7-8,10H2,1-3H3. The van der Waals surface area contributed by atoms with Crippen LogP contribution in [-0.2, 0) is 15.8 Å². The van der Waals surface area contributed by atoms with Crippen molar-refractivity contribution in [3.63, 3.8) is 0 Å². The van der Waals surface area contributed by atoms with Crippen LogP contribution in [0.3, 0.4) is 0 Å². The van der Waals surface area contributed by atoms with Crippen LogP contribution in [0, 0.1) is 5.82 Å². The van der Waals surface area contributed by atoms with Gasteiger partial charge in [-0.1, -0.05) is 6.07 Å². The maximum atomic E-state index is 13.5. The number of rotatable bonds is 8. The van der Waals surface area contributed by atoms with Gasteiger partial charge in [0.15, 0.2) is 11.6 Å². The number of ether oxygens (including phenoxy) is 1. The minimum Gasteiger partial charge on any atom is -0.494 e. The van der Waals surface area contributed by atoms with Gasteiger partial charge in [0, 0.05) is 19.8 Å². The number of hydrogen-bond donors (Lipinski definition) is 0. The molecule has 0 atom stereocenters. The molecular formula is C13H20FNO3S2. The zero-order valence-electron chi connectivity index (χ0n) is 11.9. The molecule has 0 unspecified atom stereocenters. The van der Waals surface area contributed by atoms with Crippen molar-refractivity contribution >= 4 is 21.8 Å². The average molecular weight is 321 g/mol. The summed E-state index contributed by atoms with van der Waals surface area (Å²) in [5.74, 6) is 1.38. The van der Waals surface area contributed by atoms with E-state index < -0.39 is 10.0 Å². The lowest BCUT2D eigenvalue weighted by Crippen LogP contribution is -2.25. The van der Waals surface area contributed by atoms with Gasteiger partial charge in [-0.15, -0.1) is 0 Å². The smallest absolute Gasteiger partial charge is 0.213 e. The van der Waals surface area contributed by atoms with E-state index in [4.69, 9.17) is 4.74 Å². The molecule has 0 aromatic heterocycles. The van der Waals surface area contributed by atoms with Crippen LogP contribution in [0.15, 0.2) is 18.2 Å². The molecular weight excluding hydrogens is 301 g/mol. The average Bonchev–Trinajstić information content (AvgIpc) is 2.38. The number of methoxy groups -OCH3 is 1. The molecule has 0 saturated carbocycles. The van der Waals surface area contributed by atoms with Crippen molar-refractivity contribution in [1.29, 1.82) is 0 Å². The molecule has 0 bridgehead atoms. The predicted molar refractivity (Wildman–Crippen MR) is 81.2 cm³/mol. The quantitative estimate of drug-likeness (QED) is 0.690. The summed E-state index contributed by atoms with van der Waals surface area (Å²) in [4.78, 5) is 0. The topological polar surface area (TPSA) is 46.6 Å². The van der Waals surface area contributed by atoms with Crippen molar-refractivity contribution in [2.45, 2.75) is 12.2 Å². The molecule has 0 spiro atoms. The molecule has 4 nitrogen and oxygen atoms in total. The molecule has 0 aliphatic rings. The molecule has 1 aromatic rings. The number of sulfonamides is 1. The van der Waals surface area contributed by atoms with Crippen molar-refractivity contribution in [1.82, 2.24) is 4.31 Å². The fourth-order valence-corrected chi connectivity index (χ4v) is 3.48. The fourth-order valence-electron chi connectivity index (χ4n) is 1.52. The Morgan fingerprint density at radius 1 is 1.35 bits per heavy atom. The van der Waals surface area contributed by atoms with E-state index in [1.807, 2.05) is 6.07 Å². The van der Waals surface area contributed by atoms with Gasteiger partial charge in [-0.05, 0) is 29.9 Å². The van der Waals surface area contributed by atoms with E-state index in [-0.39, 0.29) is 17.3 Å². The first-order valence-electron chi connectivity index (χ1n) is 6.17. The van der Waals surface area contributed by atoms with Gasteiger partial charge < -0.3 is 4.74 Å². The summed E-state index contributed by atoms with van der Waals surface area (Å²) in [6, 6.07) is 4.86. The Bertz CT molecular complexity index is 532. The van der Waals surface area contributed by atoms with Crippen molar-refractivity contribution in [2.75, 3.05) is 32.7 Å². The highest BCUT2D eigenvalue weighted by atomic mass is 32.2. The van der Waals surface area contributed by atoms with Crippen LogP contribution in [0.25, 0.3) is 0 Å². The molecule has 114 valence electrons. The molecule has 0 aliphatic heterocycles. The van der Waals surface area contributed by atoms with Crippen LogP contribution in [0.4, 0.5) is 4.39 Å². The highest BCUT2D eigenvalue weighted by Gasteiger charge is 2.12. The molecule has 0 saturated heterocycles. The molecule has 0 heterocycles. The van der Waals surface area contributed by atoms with E-state index in [0.29, 0.717) is 12.2 Å². The number of halogens is 1. The number of hydrogen-bond acceptors (Lipinski definition) is 4. The van der Waals surface area contributed by atoms with E-state index in [9.17, 15) is 12.8 Å². The third-order valence-corrected chi connectivity index (χ3v) is 5.76. The molecule has 1 rings (SSSR count). The zero-order valence-corrected chi connectivity index (χ0v) is 13.6. The summed E-state index contributed by atoms with van der Waals surface area (Å²) in [5, 5.41) is 0. The maximum Gasteiger partial charge on any atom is 0.213 e. The van der Waals surface area contributed by atoms with Crippen molar-refractivity contribution < 1.29 is 17.5 Å². The Labute approximate surface area is 124 Å². The second-order valence-electron chi connectivity index (χ2n) is 4.47. The van der Waals surface area contributed by atoms with E-state index >= 15 is 0 Å². The molecule has 0 amide bonds.